The van der Waals surface area contributed by atoms with Gasteiger partial charge in [0.05, 0.1) is 15.7 Å². The fraction of sp³-hybridized carbons (Fsp3) is 0.125. The average Bonchev–Trinajstić information content (AvgIpc) is 2.80. The molecule has 0 spiro atoms. The second-order valence-electron chi connectivity index (χ2n) is 7.37. The summed E-state index contributed by atoms with van der Waals surface area (Å²) in [6.45, 7) is 3.48. The summed E-state index contributed by atoms with van der Waals surface area (Å²) in [5, 5.41) is 25.0. The molecule has 0 aromatic heterocycles. The van der Waals surface area contributed by atoms with Crippen molar-refractivity contribution in [3.63, 3.8) is 0 Å². The van der Waals surface area contributed by atoms with Crippen LogP contribution in [-0.4, -0.2) is 33.1 Å². The van der Waals surface area contributed by atoms with Crippen molar-refractivity contribution in [1.29, 1.82) is 0 Å². The van der Waals surface area contributed by atoms with Gasteiger partial charge >= 0.3 is 5.97 Å². The van der Waals surface area contributed by atoms with Crippen molar-refractivity contribution in [2.45, 2.75) is 24.0 Å². The van der Waals surface area contributed by atoms with Crippen molar-refractivity contribution in [2.75, 3.05) is 10.6 Å². The molecule has 3 N–H and O–H groups in total. The number of nitrogens with one attached hydrogen (secondary N) is 2. The molecule has 2 amide bonds. The standard InChI is InChI=1S/C24H21N3O6S/c1-14-9-10-17(24(30)31)12-21(14)26-22(28)15(2)34-20-8-4-6-18(13-20)25-23(29)16-5-3-7-19(11-16)27(32)33/h3-13,15H,1-2H3,(H,25,29)(H,26,28)(H,30,31). The third-order valence-electron chi connectivity index (χ3n) is 4.84. The van der Waals surface area contributed by atoms with E-state index in [1.807, 2.05) is 0 Å². The summed E-state index contributed by atoms with van der Waals surface area (Å²) in [5.74, 6) is -1.88. The smallest absolute Gasteiger partial charge is 0.335 e. The van der Waals surface area contributed by atoms with E-state index in [1.165, 1.54) is 48.2 Å². The highest BCUT2D eigenvalue weighted by Crippen LogP contribution is 2.27. The van der Waals surface area contributed by atoms with Gasteiger partial charge in [0.15, 0.2) is 0 Å². The van der Waals surface area contributed by atoms with E-state index in [9.17, 15) is 24.5 Å². The van der Waals surface area contributed by atoms with E-state index in [0.717, 1.165) is 10.5 Å². The summed E-state index contributed by atoms with van der Waals surface area (Å²) in [6, 6.07) is 16.8. The van der Waals surface area contributed by atoms with Crippen LogP contribution in [0.4, 0.5) is 17.1 Å². The molecule has 0 aliphatic rings. The van der Waals surface area contributed by atoms with Gasteiger partial charge in [0.2, 0.25) is 5.91 Å². The predicted octanol–water partition coefficient (Wildman–Crippen LogP) is 4.97. The highest BCUT2D eigenvalue weighted by molar-refractivity contribution is 8.00. The number of nitro benzene ring substituents is 1. The van der Waals surface area contributed by atoms with Crippen LogP contribution in [0.5, 0.6) is 0 Å². The van der Waals surface area contributed by atoms with Crippen LogP contribution in [0.15, 0.2) is 71.6 Å². The molecule has 0 aliphatic carbocycles. The number of carboxylic acid groups (broad SMARTS) is 1. The molecule has 0 saturated carbocycles. The van der Waals surface area contributed by atoms with Gasteiger partial charge in [0.25, 0.3) is 11.6 Å². The molecule has 0 saturated heterocycles. The Kier molecular flexibility index (Phi) is 7.64. The van der Waals surface area contributed by atoms with Gasteiger partial charge in [-0.1, -0.05) is 18.2 Å². The van der Waals surface area contributed by atoms with Crippen molar-refractivity contribution in [3.05, 3.63) is 93.5 Å². The van der Waals surface area contributed by atoms with Crippen molar-refractivity contribution >= 4 is 46.6 Å². The van der Waals surface area contributed by atoms with Crippen LogP contribution in [0.1, 0.15) is 33.2 Å². The average molecular weight is 480 g/mol. The van der Waals surface area contributed by atoms with Gasteiger partial charge < -0.3 is 15.7 Å². The third-order valence-corrected chi connectivity index (χ3v) is 5.93. The predicted molar refractivity (Wildman–Crippen MR) is 130 cm³/mol. The molecular weight excluding hydrogens is 458 g/mol. The van der Waals surface area contributed by atoms with Gasteiger partial charge in [-0.2, -0.15) is 0 Å². The molecule has 3 aromatic carbocycles. The number of hydrogen-bond donors (Lipinski definition) is 3. The number of non-ortho nitro benzene ring substituents is 1. The molecule has 10 heteroatoms. The quantitative estimate of drug-likeness (QED) is 0.235. The van der Waals surface area contributed by atoms with Crippen molar-refractivity contribution < 1.29 is 24.4 Å². The van der Waals surface area contributed by atoms with E-state index in [-0.39, 0.29) is 22.7 Å². The molecule has 3 rings (SSSR count). The molecule has 174 valence electrons. The molecular formula is C24H21N3O6S. The number of amides is 2. The van der Waals surface area contributed by atoms with Gasteiger partial charge in [0.1, 0.15) is 0 Å². The molecule has 0 bridgehead atoms. The summed E-state index contributed by atoms with van der Waals surface area (Å²) >= 11 is 1.26. The maximum atomic E-state index is 12.7. The second-order valence-corrected chi connectivity index (χ2v) is 8.79. The van der Waals surface area contributed by atoms with Gasteiger partial charge in [-0.3, -0.25) is 19.7 Å². The lowest BCUT2D eigenvalue weighted by molar-refractivity contribution is -0.384. The van der Waals surface area contributed by atoms with E-state index in [0.29, 0.717) is 11.4 Å². The number of aryl methyl sites for hydroxylation is 1. The van der Waals surface area contributed by atoms with E-state index < -0.39 is 22.0 Å². The molecule has 9 nitrogen and oxygen atoms in total. The number of anilines is 2. The Labute approximate surface area is 199 Å². The summed E-state index contributed by atoms with van der Waals surface area (Å²) in [7, 11) is 0. The summed E-state index contributed by atoms with van der Waals surface area (Å²) in [5.41, 5.74) is 1.68. The number of rotatable bonds is 8. The first-order chi connectivity index (χ1) is 16.1. The molecule has 0 aliphatic heterocycles. The van der Waals surface area contributed by atoms with Crippen LogP contribution in [0.3, 0.4) is 0 Å². The molecule has 1 unspecified atom stereocenters. The van der Waals surface area contributed by atoms with E-state index in [2.05, 4.69) is 10.6 Å². The fourth-order valence-electron chi connectivity index (χ4n) is 2.99. The lowest BCUT2D eigenvalue weighted by Crippen LogP contribution is -2.23. The highest BCUT2D eigenvalue weighted by Gasteiger charge is 2.17. The minimum atomic E-state index is -1.08. The number of nitrogens with zero attached hydrogens (tertiary/aromatic N) is 1. The van der Waals surface area contributed by atoms with Gasteiger partial charge in [-0.15, -0.1) is 11.8 Å². The summed E-state index contributed by atoms with van der Waals surface area (Å²) in [4.78, 5) is 47.4. The van der Waals surface area contributed by atoms with Crippen LogP contribution in [0, 0.1) is 17.0 Å². The molecule has 1 atom stereocenters. The topological polar surface area (TPSA) is 139 Å². The minimum absolute atomic E-state index is 0.0772. The fourth-order valence-corrected chi connectivity index (χ4v) is 3.92. The Morgan fingerprint density at radius 3 is 2.41 bits per heavy atom. The number of benzene rings is 3. The SMILES string of the molecule is Cc1ccc(C(=O)O)cc1NC(=O)C(C)Sc1cccc(NC(=O)c2cccc([N+](=O)[O-])c2)c1. The van der Waals surface area contributed by atoms with E-state index >= 15 is 0 Å². The summed E-state index contributed by atoms with van der Waals surface area (Å²) in [6.07, 6.45) is 0. The van der Waals surface area contributed by atoms with Crippen molar-refractivity contribution in [1.82, 2.24) is 0 Å². The molecule has 3 aromatic rings. The minimum Gasteiger partial charge on any atom is -0.478 e. The van der Waals surface area contributed by atoms with E-state index in [1.54, 1.807) is 44.2 Å². The van der Waals surface area contributed by atoms with Crippen LogP contribution >= 0.6 is 11.8 Å². The van der Waals surface area contributed by atoms with Gasteiger partial charge in [0, 0.05) is 34.0 Å². The molecule has 0 heterocycles. The molecule has 34 heavy (non-hydrogen) atoms. The van der Waals surface area contributed by atoms with E-state index in [4.69, 9.17) is 5.11 Å². The normalized spacial score (nSPS) is 11.4. The second kappa shape index (κ2) is 10.6. The largest absolute Gasteiger partial charge is 0.478 e. The zero-order valence-electron chi connectivity index (χ0n) is 18.3. The Hall–Kier alpha value is -4.18. The van der Waals surface area contributed by atoms with Crippen LogP contribution in [-0.2, 0) is 4.79 Å². The Morgan fingerprint density at radius 1 is 0.971 bits per heavy atom. The lowest BCUT2D eigenvalue weighted by atomic mass is 10.1. The number of carboxylic acids is 1. The first kappa shape index (κ1) is 24.5. The maximum absolute atomic E-state index is 12.7. The number of carbonyl (C=O) groups is 3. The number of carbonyl (C=O) groups excluding carboxylic acids is 2. The Bertz CT molecular complexity index is 1280. The van der Waals surface area contributed by atoms with Crippen LogP contribution in [0.25, 0.3) is 0 Å². The van der Waals surface area contributed by atoms with Gasteiger partial charge in [-0.05, 0) is 55.8 Å². The zero-order chi connectivity index (χ0) is 24.8. The summed E-state index contributed by atoms with van der Waals surface area (Å²) < 4.78 is 0. The zero-order valence-corrected chi connectivity index (χ0v) is 19.1. The molecule has 0 fully saturated rings. The first-order valence-corrected chi connectivity index (χ1v) is 11.0. The molecule has 0 radical (unpaired) electrons. The lowest BCUT2D eigenvalue weighted by Gasteiger charge is -2.15. The Balaban J connectivity index is 1.67. The van der Waals surface area contributed by atoms with Crippen molar-refractivity contribution in [2.24, 2.45) is 0 Å². The monoisotopic (exact) mass is 479 g/mol. The number of thioether (sulfide) groups is 1. The number of aromatic carboxylic acids is 1. The Morgan fingerprint density at radius 2 is 1.71 bits per heavy atom. The van der Waals surface area contributed by atoms with Crippen LogP contribution in [0.2, 0.25) is 0 Å². The first-order valence-electron chi connectivity index (χ1n) is 10.1. The highest BCUT2D eigenvalue weighted by atomic mass is 32.2. The number of hydrogen-bond acceptors (Lipinski definition) is 6. The van der Waals surface area contributed by atoms with Crippen molar-refractivity contribution in [3.8, 4) is 0 Å². The maximum Gasteiger partial charge on any atom is 0.335 e. The number of nitro groups is 1. The van der Waals surface area contributed by atoms with Gasteiger partial charge in [-0.25, -0.2) is 4.79 Å². The third kappa shape index (κ3) is 6.20. The van der Waals surface area contributed by atoms with Crippen LogP contribution < -0.4 is 10.6 Å².